The smallest absolute Gasteiger partial charge is 0.112 e. The molecule has 78 valence electrons. The Morgan fingerprint density at radius 3 is 3.07 bits per heavy atom. The number of aliphatic hydroxyl groups excluding tert-OH is 1. The third-order valence-corrected chi connectivity index (χ3v) is 2.81. The second kappa shape index (κ2) is 3.31. The van der Waals surface area contributed by atoms with Gasteiger partial charge in [-0.1, -0.05) is 0 Å². The van der Waals surface area contributed by atoms with E-state index in [1.165, 1.54) is 12.8 Å². The third-order valence-electron chi connectivity index (χ3n) is 2.81. The Kier molecular flexibility index (Phi) is 1.95. The number of hydrogen-bond acceptors (Lipinski definition) is 3. The number of rotatable bonds is 3. The SMILES string of the molecule is OCCc1nc2ccncc2n1C1CC1. The number of aliphatic hydroxyl groups is 1. The van der Waals surface area contributed by atoms with E-state index in [1.54, 1.807) is 6.20 Å². The van der Waals surface area contributed by atoms with Gasteiger partial charge < -0.3 is 9.67 Å². The molecule has 1 saturated carbocycles. The fraction of sp³-hybridized carbons (Fsp3) is 0.455. The van der Waals surface area contributed by atoms with Gasteiger partial charge in [-0.3, -0.25) is 4.98 Å². The predicted molar refractivity (Wildman–Crippen MR) is 56.6 cm³/mol. The van der Waals surface area contributed by atoms with Gasteiger partial charge in [0.1, 0.15) is 5.82 Å². The van der Waals surface area contributed by atoms with Crippen LogP contribution in [0.3, 0.4) is 0 Å². The number of hydrogen-bond donors (Lipinski definition) is 1. The first kappa shape index (κ1) is 8.85. The highest BCUT2D eigenvalue weighted by Crippen LogP contribution is 2.38. The minimum absolute atomic E-state index is 0.156. The van der Waals surface area contributed by atoms with Crippen LogP contribution < -0.4 is 0 Å². The molecule has 2 aromatic rings. The standard InChI is InChI=1S/C11H13N3O/c15-6-4-11-13-9-3-5-12-7-10(9)14(11)8-1-2-8/h3,5,7-8,15H,1-2,4,6H2. The molecule has 0 aliphatic heterocycles. The van der Waals surface area contributed by atoms with Crippen molar-refractivity contribution in [1.82, 2.24) is 14.5 Å². The molecule has 0 aromatic carbocycles. The van der Waals surface area contributed by atoms with Crippen LogP contribution in [0.2, 0.25) is 0 Å². The van der Waals surface area contributed by atoms with Gasteiger partial charge in [-0.05, 0) is 18.9 Å². The molecular formula is C11H13N3O. The maximum absolute atomic E-state index is 9.00. The van der Waals surface area contributed by atoms with Crippen LogP contribution in [0.5, 0.6) is 0 Å². The van der Waals surface area contributed by atoms with E-state index >= 15 is 0 Å². The Morgan fingerprint density at radius 2 is 2.33 bits per heavy atom. The quantitative estimate of drug-likeness (QED) is 0.818. The van der Waals surface area contributed by atoms with Crippen molar-refractivity contribution >= 4 is 11.0 Å². The molecule has 3 rings (SSSR count). The summed E-state index contributed by atoms with van der Waals surface area (Å²) in [5.74, 6) is 0.989. The first-order chi connectivity index (χ1) is 7.40. The molecular weight excluding hydrogens is 190 g/mol. The summed E-state index contributed by atoms with van der Waals surface area (Å²) in [6.07, 6.45) is 6.69. The van der Waals surface area contributed by atoms with Gasteiger partial charge in [-0.2, -0.15) is 0 Å². The van der Waals surface area contributed by atoms with E-state index in [4.69, 9.17) is 5.11 Å². The first-order valence-corrected chi connectivity index (χ1v) is 5.32. The molecule has 0 amide bonds. The van der Waals surface area contributed by atoms with Gasteiger partial charge in [-0.15, -0.1) is 0 Å². The van der Waals surface area contributed by atoms with Gasteiger partial charge >= 0.3 is 0 Å². The Hall–Kier alpha value is -1.42. The van der Waals surface area contributed by atoms with Crippen LogP contribution in [-0.4, -0.2) is 26.2 Å². The molecule has 0 saturated heterocycles. The number of pyridine rings is 1. The van der Waals surface area contributed by atoms with Gasteiger partial charge in [0.25, 0.3) is 0 Å². The molecule has 4 nitrogen and oxygen atoms in total. The average molecular weight is 203 g/mol. The maximum atomic E-state index is 9.00. The molecule has 4 heteroatoms. The minimum Gasteiger partial charge on any atom is -0.396 e. The minimum atomic E-state index is 0.156. The molecule has 0 bridgehead atoms. The fourth-order valence-corrected chi connectivity index (χ4v) is 2.01. The van der Waals surface area contributed by atoms with E-state index in [-0.39, 0.29) is 6.61 Å². The van der Waals surface area contributed by atoms with Gasteiger partial charge in [0.15, 0.2) is 0 Å². The molecule has 1 N–H and O–H groups in total. The monoisotopic (exact) mass is 203 g/mol. The summed E-state index contributed by atoms with van der Waals surface area (Å²) in [6, 6.07) is 2.51. The van der Waals surface area contributed by atoms with Crippen molar-refractivity contribution in [2.75, 3.05) is 6.61 Å². The zero-order chi connectivity index (χ0) is 10.3. The lowest BCUT2D eigenvalue weighted by Gasteiger charge is -2.05. The molecule has 1 aliphatic rings. The highest BCUT2D eigenvalue weighted by Gasteiger charge is 2.27. The summed E-state index contributed by atoms with van der Waals surface area (Å²) in [4.78, 5) is 8.66. The largest absolute Gasteiger partial charge is 0.396 e. The van der Waals surface area contributed by atoms with Crippen molar-refractivity contribution in [3.8, 4) is 0 Å². The van der Waals surface area contributed by atoms with E-state index in [1.807, 2.05) is 12.3 Å². The van der Waals surface area contributed by atoms with Crippen LogP contribution in [0.4, 0.5) is 0 Å². The normalized spacial score (nSPS) is 16.1. The van der Waals surface area contributed by atoms with Gasteiger partial charge in [0.05, 0.1) is 23.8 Å². The zero-order valence-corrected chi connectivity index (χ0v) is 8.43. The van der Waals surface area contributed by atoms with E-state index in [9.17, 15) is 0 Å². The topological polar surface area (TPSA) is 50.9 Å². The summed E-state index contributed by atoms with van der Waals surface area (Å²) >= 11 is 0. The molecule has 15 heavy (non-hydrogen) atoms. The van der Waals surface area contributed by atoms with Crippen molar-refractivity contribution in [3.05, 3.63) is 24.3 Å². The van der Waals surface area contributed by atoms with E-state index < -0.39 is 0 Å². The molecule has 0 atom stereocenters. The lowest BCUT2D eigenvalue weighted by molar-refractivity contribution is 0.295. The highest BCUT2D eigenvalue weighted by atomic mass is 16.3. The van der Waals surface area contributed by atoms with Crippen LogP contribution >= 0.6 is 0 Å². The highest BCUT2D eigenvalue weighted by molar-refractivity contribution is 5.75. The van der Waals surface area contributed by atoms with Crippen molar-refractivity contribution in [2.24, 2.45) is 0 Å². The first-order valence-electron chi connectivity index (χ1n) is 5.32. The van der Waals surface area contributed by atoms with Crippen molar-refractivity contribution in [3.63, 3.8) is 0 Å². The van der Waals surface area contributed by atoms with Crippen LogP contribution in [0.1, 0.15) is 24.7 Å². The predicted octanol–water partition coefficient (Wildman–Crippen LogP) is 1.30. The lowest BCUT2D eigenvalue weighted by atomic mass is 10.4. The Balaban J connectivity index is 2.19. The number of fused-ring (bicyclic) bond motifs is 1. The van der Waals surface area contributed by atoms with Crippen LogP contribution in [0.25, 0.3) is 11.0 Å². The molecule has 2 aromatic heterocycles. The number of aromatic nitrogens is 3. The van der Waals surface area contributed by atoms with Crippen molar-refractivity contribution in [1.29, 1.82) is 0 Å². The summed E-state index contributed by atoms with van der Waals surface area (Å²) < 4.78 is 2.23. The van der Waals surface area contributed by atoms with Crippen LogP contribution in [-0.2, 0) is 6.42 Å². The van der Waals surface area contributed by atoms with Crippen LogP contribution in [0, 0.1) is 0 Å². The Bertz CT molecular complexity index is 488. The molecule has 0 unspecified atom stereocenters. The van der Waals surface area contributed by atoms with Crippen molar-refractivity contribution < 1.29 is 5.11 Å². The number of imidazole rings is 1. The van der Waals surface area contributed by atoms with Crippen LogP contribution in [0.15, 0.2) is 18.5 Å². The van der Waals surface area contributed by atoms with E-state index in [0.29, 0.717) is 12.5 Å². The summed E-state index contributed by atoms with van der Waals surface area (Å²) in [6.45, 7) is 0.156. The molecule has 1 aliphatic carbocycles. The van der Waals surface area contributed by atoms with Crippen molar-refractivity contribution in [2.45, 2.75) is 25.3 Å². The lowest BCUT2D eigenvalue weighted by Crippen LogP contribution is -2.03. The van der Waals surface area contributed by atoms with Gasteiger partial charge in [0.2, 0.25) is 0 Å². The molecule has 0 spiro atoms. The number of nitrogens with zero attached hydrogens (tertiary/aromatic N) is 3. The van der Waals surface area contributed by atoms with E-state index in [2.05, 4.69) is 14.5 Å². The Morgan fingerprint density at radius 1 is 1.47 bits per heavy atom. The second-order valence-electron chi connectivity index (χ2n) is 3.97. The Labute approximate surface area is 87.6 Å². The average Bonchev–Trinajstić information content (AvgIpc) is 3.01. The molecule has 2 heterocycles. The second-order valence-corrected chi connectivity index (χ2v) is 3.97. The zero-order valence-electron chi connectivity index (χ0n) is 8.43. The summed E-state index contributed by atoms with van der Waals surface area (Å²) in [5, 5.41) is 9.00. The van der Waals surface area contributed by atoms with Gasteiger partial charge in [0, 0.05) is 18.7 Å². The van der Waals surface area contributed by atoms with Gasteiger partial charge in [-0.25, -0.2) is 4.98 Å². The van der Waals surface area contributed by atoms with E-state index in [0.717, 1.165) is 16.9 Å². The molecule has 0 radical (unpaired) electrons. The molecule has 1 fully saturated rings. The summed E-state index contributed by atoms with van der Waals surface area (Å²) in [7, 11) is 0. The fourth-order valence-electron chi connectivity index (χ4n) is 2.01. The third kappa shape index (κ3) is 1.41. The maximum Gasteiger partial charge on any atom is 0.112 e. The summed E-state index contributed by atoms with van der Waals surface area (Å²) in [5.41, 5.74) is 2.09.